The third kappa shape index (κ3) is 5.18. The maximum atomic E-state index is 10.5. The lowest BCUT2D eigenvalue weighted by atomic mass is 10.6. The van der Waals surface area contributed by atoms with Gasteiger partial charge in [0.05, 0.1) is 16.9 Å². The largest absolute Gasteiger partial charge is 0.338 e. The molecule has 0 spiro atoms. The molecule has 0 aromatic carbocycles. The molecule has 0 radical (unpaired) electrons. The van der Waals surface area contributed by atoms with Gasteiger partial charge < -0.3 is 4.98 Å². The maximum Gasteiger partial charge on any atom is 0.239 e. The van der Waals surface area contributed by atoms with Crippen molar-refractivity contribution in [3.8, 4) is 0 Å². The van der Waals surface area contributed by atoms with Gasteiger partial charge in [-0.15, -0.1) is 0 Å². The van der Waals surface area contributed by atoms with Crippen LogP contribution in [0.2, 0.25) is 0 Å². The van der Waals surface area contributed by atoms with Gasteiger partial charge in [-0.3, -0.25) is 14.9 Å². The number of rotatable bonds is 2. The summed E-state index contributed by atoms with van der Waals surface area (Å²) in [6.07, 6.45) is 0. The molecule has 0 fully saturated rings. The zero-order chi connectivity index (χ0) is 7.28. The van der Waals surface area contributed by atoms with Gasteiger partial charge in [0.15, 0.2) is 0 Å². The van der Waals surface area contributed by atoms with Crippen LogP contribution >= 0.6 is 0 Å². The highest BCUT2D eigenvalue weighted by Gasteiger charge is 1.98. The predicted molar refractivity (Wildman–Crippen MR) is 36.8 cm³/mol. The standard InChI is InChI=1S/C4H10N2O2Si/c1-3(7)6-4(8)2-5-9/h5H,2H2,1,9H3,(H,6,7,8). The SMILES string of the molecule is CC(=O)NC(=O)CN[SiH3]. The van der Waals surface area contributed by atoms with Crippen molar-refractivity contribution in [3.63, 3.8) is 0 Å². The fourth-order valence-electron chi connectivity index (χ4n) is 0.401. The van der Waals surface area contributed by atoms with Gasteiger partial charge in [-0.1, -0.05) is 0 Å². The topological polar surface area (TPSA) is 58.2 Å². The molecule has 0 rings (SSSR count). The quantitative estimate of drug-likeness (QED) is 0.424. The van der Waals surface area contributed by atoms with E-state index in [2.05, 4.69) is 10.3 Å². The summed E-state index contributed by atoms with van der Waals surface area (Å²) >= 11 is 0. The van der Waals surface area contributed by atoms with Gasteiger partial charge in [-0.25, -0.2) is 0 Å². The first-order valence-electron chi connectivity index (χ1n) is 2.62. The minimum atomic E-state index is -0.308. The number of nitrogens with one attached hydrogen (secondary N) is 2. The van der Waals surface area contributed by atoms with Crippen molar-refractivity contribution < 1.29 is 9.59 Å². The lowest BCUT2D eigenvalue weighted by molar-refractivity contribution is -0.128. The molecule has 4 nitrogen and oxygen atoms in total. The molecular formula is C4H10N2O2Si. The van der Waals surface area contributed by atoms with Crippen LogP contribution in [0.25, 0.3) is 0 Å². The third-order valence-electron chi connectivity index (χ3n) is 0.653. The Kier molecular flexibility index (Phi) is 3.90. The Hall–Kier alpha value is -0.683. The first-order valence-corrected chi connectivity index (χ1v) is 3.62. The van der Waals surface area contributed by atoms with E-state index >= 15 is 0 Å². The second-order valence-corrected chi connectivity index (χ2v) is 2.34. The molecule has 0 heterocycles. The summed E-state index contributed by atoms with van der Waals surface area (Å²) < 4.78 is 0. The average molecular weight is 146 g/mol. The molecule has 0 atom stereocenters. The molecule has 0 unspecified atom stereocenters. The summed E-state index contributed by atoms with van der Waals surface area (Å²) in [4.78, 5) is 23.4. The van der Waals surface area contributed by atoms with Crippen molar-refractivity contribution in [2.24, 2.45) is 0 Å². The normalized spacial score (nSPS) is 9.00. The number of carbonyl (C=O) groups is 2. The Morgan fingerprint density at radius 2 is 2.11 bits per heavy atom. The Morgan fingerprint density at radius 1 is 1.56 bits per heavy atom. The highest BCUT2D eigenvalue weighted by atomic mass is 28.2. The molecule has 9 heavy (non-hydrogen) atoms. The minimum Gasteiger partial charge on any atom is -0.338 e. The lowest BCUT2D eigenvalue weighted by Crippen LogP contribution is -2.35. The first-order chi connectivity index (χ1) is 4.16. The fraction of sp³-hybridized carbons (Fsp3) is 0.500. The molecule has 0 saturated heterocycles. The van der Waals surface area contributed by atoms with E-state index in [4.69, 9.17) is 0 Å². The summed E-state index contributed by atoms with van der Waals surface area (Å²) in [6, 6.07) is 0. The summed E-state index contributed by atoms with van der Waals surface area (Å²) in [6.45, 7) is 1.55. The lowest BCUT2D eigenvalue weighted by Gasteiger charge is -1.97. The van der Waals surface area contributed by atoms with Crippen molar-refractivity contribution >= 4 is 22.2 Å². The van der Waals surface area contributed by atoms with Crippen molar-refractivity contribution in [2.45, 2.75) is 6.92 Å². The zero-order valence-electron chi connectivity index (χ0n) is 5.52. The van der Waals surface area contributed by atoms with E-state index in [1.165, 1.54) is 6.92 Å². The van der Waals surface area contributed by atoms with Crippen LogP contribution in [0.3, 0.4) is 0 Å². The van der Waals surface area contributed by atoms with Gasteiger partial charge in [-0.2, -0.15) is 0 Å². The predicted octanol–water partition coefficient (Wildman–Crippen LogP) is -2.48. The van der Waals surface area contributed by atoms with Crippen molar-refractivity contribution in [2.75, 3.05) is 6.54 Å². The molecule has 0 bridgehead atoms. The zero-order valence-corrected chi connectivity index (χ0v) is 7.52. The molecule has 52 valence electrons. The summed E-state index contributed by atoms with van der Waals surface area (Å²) in [5, 5.41) is 2.13. The van der Waals surface area contributed by atoms with Crippen LogP contribution in [0.15, 0.2) is 0 Å². The molecule has 2 amide bonds. The highest BCUT2D eigenvalue weighted by Crippen LogP contribution is 1.61. The van der Waals surface area contributed by atoms with Gasteiger partial charge in [0.1, 0.15) is 0 Å². The fourth-order valence-corrected chi connectivity index (χ4v) is 0.722. The highest BCUT2D eigenvalue weighted by molar-refractivity contribution is 6.07. The van der Waals surface area contributed by atoms with Crippen molar-refractivity contribution in [1.82, 2.24) is 10.3 Å². The molecule has 0 aromatic rings. The number of amides is 2. The summed E-state index contributed by atoms with van der Waals surface area (Å²) in [5.41, 5.74) is 0. The first kappa shape index (κ1) is 8.32. The van der Waals surface area contributed by atoms with E-state index in [9.17, 15) is 9.59 Å². The van der Waals surface area contributed by atoms with E-state index in [0.717, 1.165) is 10.4 Å². The van der Waals surface area contributed by atoms with Crippen molar-refractivity contribution in [1.29, 1.82) is 0 Å². The van der Waals surface area contributed by atoms with Gasteiger partial charge in [0.25, 0.3) is 0 Å². The molecular weight excluding hydrogens is 136 g/mol. The summed E-state index contributed by atoms with van der Waals surface area (Å²) in [7, 11) is 0.765. The number of hydrogen-bond donors (Lipinski definition) is 2. The monoisotopic (exact) mass is 146 g/mol. The van der Waals surface area contributed by atoms with Crippen LogP contribution < -0.4 is 10.3 Å². The van der Waals surface area contributed by atoms with Crippen LogP contribution in [0.4, 0.5) is 0 Å². The van der Waals surface area contributed by atoms with E-state index < -0.39 is 0 Å². The van der Waals surface area contributed by atoms with E-state index in [1.807, 2.05) is 0 Å². The van der Waals surface area contributed by atoms with Gasteiger partial charge >= 0.3 is 0 Å². The van der Waals surface area contributed by atoms with Crippen LogP contribution in [-0.4, -0.2) is 28.8 Å². The van der Waals surface area contributed by atoms with Crippen LogP contribution in [0.1, 0.15) is 6.92 Å². The van der Waals surface area contributed by atoms with E-state index in [-0.39, 0.29) is 18.4 Å². The molecule has 0 aromatic heterocycles. The third-order valence-corrected chi connectivity index (χ3v) is 1.01. The second-order valence-electron chi connectivity index (χ2n) is 1.63. The Balaban J connectivity index is 3.39. The maximum absolute atomic E-state index is 10.5. The smallest absolute Gasteiger partial charge is 0.239 e. The number of carbonyl (C=O) groups excluding carboxylic acids is 2. The molecule has 5 heteroatoms. The van der Waals surface area contributed by atoms with Crippen LogP contribution in [-0.2, 0) is 9.59 Å². The second kappa shape index (κ2) is 4.22. The average Bonchev–Trinajstić information content (AvgIpc) is 1.63. The Labute approximate surface area is 56.5 Å². The van der Waals surface area contributed by atoms with Crippen molar-refractivity contribution in [3.05, 3.63) is 0 Å². The van der Waals surface area contributed by atoms with Gasteiger partial charge in [0, 0.05) is 6.92 Å². The minimum absolute atomic E-state index is 0.242. The molecule has 0 saturated carbocycles. The Bertz CT molecular complexity index is 126. The van der Waals surface area contributed by atoms with Gasteiger partial charge in [-0.05, 0) is 0 Å². The molecule has 0 aliphatic carbocycles. The number of hydrogen-bond acceptors (Lipinski definition) is 3. The van der Waals surface area contributed by atoms with E-state index in [0.29, 0.717) is 0 Å². The van der Waals surface area contributed by atoms with Crippen LogP contribution in [0, 0.1) is 0 Å². The number of imide groups is 1. The Morgan fingerprint density at radius 3 is 2.44 bits per heavy atom. The van der Waals surface area contributed by atoms with Gasteiger partial charge in [0.2, 0.25) is 11.8 Å². The summed E-state index contributed by atoms with van der Waals surface area (Å²) in [5.74, 6) is -0.575. The molecule has 2 N–H and O–H groups in total. The van der Waals surface area contributed by atoms with E-state index in [1.54, 1.807) is 0 Å². The molecule has 0 aliphatic heterocycles. The molecule has 0 aliphatic rings. The van der Waals surface area contributed by atoms with Crippen LogP contribution in [0.5, 0.6) is 0 Å².